The first-order chi connectivity index (χ1) is 10.8. The standard InChI is InChI=1S/C17H30N2O3/c1-2-18(12-14-6-5-10-21-14)13-17(20)19-9-11-22-16-8-4-3-7-15(16)19/h14-16H,2-13H2,1H3/t14-,15+,16-/m1/s1. The summed E-state index contributed by atoms with van der Waals surface area (Å²) in [6.45, 7) is 6.79. The van der Waals surface area contributed by atoms with Crippen molar-refractivity contribution in [3.63, 3.8) is 0 Å². The van der Waals surface area contributed by atoms with Crippen LogP contribution in [-0.4, -0.2) is 73.3 Å². The number of hydrogen-bond donors (Lipinski definition) is 0. The fraction of sp³-hybridized carbons (Fsp3) is 0.941. The van der Waals surface area contributed by atoms with E-state index in [1.165, 1.54) is 12.8 Å². The zero-order valence-electron chi connectivity index (χ0n) is 13.8. The number of nitrogens with zero attached hydrogens (tertiary/aromatic N) is 2. The molecule has 0 aromatic rings. The second-order valence-electron chi connectivity index (χ2n) is 6.81. The first-order valence-corrected chi connectivity index (χ1v) is 9.03. The quantitative estimate of drug-likeness (QED) is 0.774. The van der Waals surface area contributed by atoms with Crippen molar-refractivity contribution in [2.24, 2.45) is 0 Å². The zero-order chi connectivity index (χ0) is 15.4. The molecule has 1 aliphatic carbocycles. The number of ether oxygens (including phenoxy) is 2. The van der Waals surface area contributed by atoms with Gasteiger partial charge in [0.25, 0.3) is 0 Å². The second-order valence-corrected chi connectivity index (χ2v) is 6.81. The highest BCUT2D eigenvalue weighted by atomic mass is 16.5. The Morgan fingerprint density at radius 3 is 2.77 bits per heavy atom. The van der Waals surface area contributed by atoms with E-state index in [4.69, 9.17) is 9.47 Å². The minimum atomic E-state index is 0.277. The van der Waals surface area contributed by atoms with Gasteiger partial charge in [-0.25, -0.2) is 0 Å². The van der Waals surface area contributed by atoms with Crippen LogP contribution in [0.25, 0.3) is 0 Å². The van der Waals surface area contributed by atoms with Crippen molar-refractivity contribution in [3.05, 3.63) is 0 Å². The Kier molecular flexibility index (Phi) is 5.71. The van der Waals surface area contributed by atoms with Crippen LogP contribution < -0.4 is 0 Å². The van der Waals surface area contributed by atoms with Crippen molar-refractivity contribution >= 4 is 5.91 Å². The summed E-state index contributed by atoms with van der Waals surface area (Å²) in [5.74, 6) is 0.278. The third-order valence-corrected chi connectivity index (χ3v) is 5.34. The molecule has 3 atom stereocenters. The highest BCUT2D eigenvalue weighted by Gasteiger charge is 2.37. The lowest BCUT2D eigenvalue weighted by Crippen LogP contribution is -2.57. The second kappa shape index (κ2) is 7.75. The van der Waals surface area contributed by atoms with Crippen LogP contribution in [0.3, 0.4) is 0 Å². The smallest absolute Gasteiger partial charge is 0.237 e. The molecule has 2 heterocycles. The fourth-order valence-corrected chi connectivity index (χ4v) is 4.07. The SMILES string of the molecule is CCN(CC(=O)N1CCO[C@@H]2CCCC[C@@H]21)C[C@H]1CCCO1. The van der Waals surface area contributed by atoms with Gasteiger partial charge in [0, 0.05) is 19.7 Å². The maximum atomic E-state index is 12.8. The van der Waals surface area contributed by atoms with Gasteiger partial charge in [0.15, 0.2) is 0 Å². The van der Waals surface area contributed by atoms with E-state index >= 15 is 0 Å². The Balaban J connectivity index is 1.54. The Labute approximate surface area is 133 Å². The van der Waals surface area contributed by atoms with Crippen molar-refractivity contribution in [3.8, 4) is 0 Å². The highest BCUT2D eigenvalue weighted by molar-refractivity contribution is 5.78. The van der Waals surface area contributed by atoms with Crippen molar-refractivity contribution in [1.29, 1.82) is 0 Å². The summed E-state index contributed by atoms with van der Waals surface area (Å²) in [4.78, 5) is 17.1. The van der Waals surface area contributed by atoms with Gasteiger partial charge in [0.2, 0.25) is 5.91 Å². The van der Waals surface area contributed by atoms with Crippen molar-refractivity contribution in [2.45, 2.75) is 63.7 Å². The predicted molar refractivity (Wildman–Crippen MR) is 84.8 cm³/mol. The molecule has 3 aliphatic rings. The lowest BCUT2D eigenvalue weighted by molar-refractivity contribution is -0.150. The monoisotopic (exact) mass is 310 g/mol. The number of morpholine rings is 1. The molecule has 0 aromatic heterocycles. The van der Waals surface area contributed by atoms with Crippen LogP contribution in [-0.2, 0) is 14.3 Å². The van der Waals surface area contributed by atoms with Crippen LogP contribution in [0.1, 0.15) is 45.4 Å². The third-order valence-electron chi connectivity index (χ3n) is 5.34. The van der Waals surface area contributed by atoms with Crippen molar-refractivity contribution in [1.82, 2.24) is 9.80 Å². The maximum Gasteiger partial charge on any atom is 0.237 e. The summed E-state index contributed by atoms with van der Waals surface area (Å²) in [5.41, 5.74) is 0. The van der Waals surface area contributed by atoms with Gasteiger partial charge in [-0.3, -0.25) is 9.69 Å². The van der Waals surface area contributed by atoms with Crippen LogP contribution in [0.5, 0.6) is 0 Å². The minimum Gasteiger partial charge on any atom is -0.377 e. The van der Waals surface area contributed by atoms with E-state index in [9.17, 15) is 4.79 Å². The Morgan fingerprint density at radius 2 is 2.00 bits per heavy atom. The van der Waals surface area contributed by atoms with E-state index in [1.54, 1.807) is 0 Å². The first kappa shape index (κ1) is 16.2. The van der Waals surface area contributed by atoms with E-state index in [1.807, 2.05) is 0 Å². The molecule has 3 rings (SSSR count). The molecule has 0 aromatic carbocycles. The lowest BCUT2D eigenvalue weighted by atomic mass is 9.90. The summed E-state index contributed by atoms with van der Waals surface area (Å²) in [5, 5.41) is 0. The molecule has 2 aliphatic heterocycles. The van der Waals surface area contributed by atoms with E-state index in [-0.39, 0.29) is 12.0 Å². The average molecular weight is 310 g/mol. The summed E-state index contributed by atoms with van der Waals surface area (Å²) in [6, 6.07) is 0.316. The molecule has 126 valence electrons. The molecule has 0 unspecified atom stereocenters. The Morgan fingerprint density at radius 1 is 1.14 bits per heavy atom. The zero-order valence-corrected chi connectivity index (χ0v) is 13.8. The van der Waals surface area contributed by atoms with Crippen LogP contribution in [0, 0.1) is 0 Å². The molecule has 3 fully saturated rings. The fourth-order valence-electron chi connectivity index (χ4n) is 4.07. The molecule has 22 heavy (non-hydrogen) atoms. The number of rotatable bonds is 5. The highest BCUT2D eigenvalue weighted by Crippen LogP contribution is 2.28. The molecule has 0 N–H and O–H groups in total. The van der Waals surface area contributed by atoms with Gasteiger partial charge < -0.3 is 14.4 Å². The van der Waals surface area contributed by atoms with Crippen LogP contribution >= 0.6 is 0 Å². The topological polar surface area (TPSA) is 42.0 Å². The lowest BCUT2D eigenvalue weighted by Gasteiger charge is -2.44. The van der Waals surface area contributed by atoms with E-state index < -0.39 is 0 Å². The number of hydrogen-bond acceptors (Lipinski definition) is 4. The Bertz CT molecular complexity index is 369. The van der Waals surface area contributed by atoms with E-state index in [0.717, 1.165) is 51.9 Å². The van der Waals surface area contributed by atoms with Gasteiger partial charge >= 0.3 is 0 Å². The molecule has 0 radical (unpaired) electrons. The predicted octanol–water partition coefficient (Wildman–Crippen LogP) is 1.66. The van der Waals surface area contributed by atoms with Crippen molar-refractivity contribution < 1.29 is 14.3 Å². The van der Waals surface area contributed by atoms with Gasteiger partial charge in [-0.15, -0.1) is 0 Å². The molecule has 1 amide bonds. The largest absolute Gasteiger partial charge is 0.377 e. The molecule has 0 spiro atoms. The summed E-state index contributed by atoms with van der Waals surface area (Å²) in [6.07, 6.45) is 7.57. The number of amides is 1. The summed E-state index contributed by atoms with van der Waals surface area (Å²) >= 11 is 0. The number of fused-ring (bicyclic) bond motifs is 1. The van der Waals surface area contributed by atoms with E-state index in [2.05, 4.69) is 16.7 Å². The van der Waals surface area contributed by atoms with Crippen LogP contribution in [0.4, 0.5) is 0 Å². The number of carbonyl (C=O) groups excluding carboxylic acids is 1. The van der Waals surface area contributed by atoms with E-state index in [0.29, 0.717) is 25.3 Å². The average Bonchev–Trinajstić information content (AvgIpc) is 3.06. The van der Waals surface area contributed by atoms with Gasteiger partial charge in [-0.05, 0) is 32.2 Å². The molecular weight excluding hydrogens is 280 g/mol. The third kappa shape index (κ3) is 3.81. The van der Waals surface area contributed by atoms with Gasteiger partial charge in [0.1, 0.15) is 0 Å². The summed E-state index contributed by atoms with van der Waals surface area (Å²) < 4.78 is 11.6. The van der Waals surface area contributed by atoms with Gasteiger partial charge in [0.05, 0.1) is 31.4 Å². The van der Waals surface area contributed by atoms with Gasteiger partial charge in [-0.1, -0.05) is 19.8 Å². The van der Waals surface area contributed by atoms with Gasteiger partial charge in [-0.2, -0.15) is 0 Å². The molecular formula is C17H30N2O3. The minimum absolute atomic E-state index is 0.277. The molecule has 5 heteroatoms. The first-order valence-electron chi connectivity index (χ1n) is 9.03. The number of carbonyl (C=O) groups is 1. The maximum absolute atomic E-state index is 12.8. The molecule has 5 nitrogen and oxygen atoms in total. The van der Waals surface area contributed by atoms with Crippen LogP contribution in [0.15, 0.2) is 0 Å². The Hall–Kier alpha value is -0.650. The van der Waals surface area contributed by atoms with Crippen molar-refractivity contribution in [2.75, 3.05) is 39.4 Å². The molecule has 1 saturated carbocycles. The molecule has 0 bridgehead atoms. The summed E-state index contributed by atoms with van der Waals surface area (Å²) in [7, 11) is 0. The number of likely N-dealkylation sites (N-methyl/N-ethyl adjacent to an activating group) is 1. The van der Waals surface area contributed by atoms with Crippen LogP contribution in [0.2, 0.25) is 0 Å². The molecule has 2 saturated heterocycles. The normalized spacial score (nSPS) is 32.3.